The smallest absolute Gasteiger partial charge is 0.216 e. The van der Waals surface area contributed by atoms with Gasteiger partial charge in [-0.2, -0.15) is 0 Å². The molecule has 4 heteroatoms. The highest BCUT2D eigenvalue weighted by molar-refractivity contribution is 6.10. The Bertz CT molecular complexity index is 619. The highest BCUT2D eigenvalue weighted by Gasteiger charge is 2.19. The van der Waals surface area contributed by atoms with Crippen LogP contribution in [0.5, 0.6) is 5.75 Å². The number of hydrogen-bond donors (Lipinski definition) is 0. The van der Waals surface area contributed by atoms with Gasteiger partial charge in [0.25, 0.3) is 0 Å². The molecule has 0 spiro atoms. The van der Waals surface area contributed by atoms with E-state index in [1.165, 1.54) is 6.20 Å². The van der Waals surface area contributed by atoms with Gasteiger partial charge in [0, 0.05) is 6.20 Å². The molecular weight excluding hydrogens is 240 g/mol. The van der Waals surface area contributed by atoms with Crippen LogP contribution in [0.1, 0.15) is 32.9 Å². The van der Waals surface area contributed by atoms with Crippen molar-refractivity contribution >= 4 is 5.78 Å². The average molecular weight is 256 g/mol. The van der Waals surface area contributed by atoms with Crippen LogP contribution in [0.3, 0.4) is 0 Å². The highest BCUT2D eigenvalue weighted by atomic mass is 16.5. The molecule has 0 unspecified atom stereocenters. The lowest BCUT2D eigenvalue weighted by Gasteiger charge is -2.11. The molecule has 0 saturated heterocycles. The van der Waals surface area contributed by atoms with Gasteiger partial charge < -0.3 is 4.74 Å². The zero-order chi connectivity index (χ0) is 14.0. The minimum Gasteiger partial charge on any atom is -0.496 e. The van der Waals surface area contributed by atoms with E-state index in [2.05, 4.69) is 9.97 Å². The Morgan fingerprint density at radius 1 is 1.11 bits per heavy atom. The third kappa shape index (κ3) is 2.62. The van der Waals surface area contributed by atoms with Gasteiger partial charge in [-0.15, -0.1) is 0 Å². The molecule has 4 nitrogen and oxygen atoms in total. The minimum atomic E-state index is -0.165. The molecule has 0 bridgehead atoms. The predicted molar refractivity (Wildman–Crippen MR) is 72.7 cm³/mol. The van der Waals surface area contributed by atoms with Crippen molar-refractivity contribution in [3.05, 3.63) is 52.6 Å². The summed E-state index contributed by atoms with van der Waals surface area (Å²) in [6.07, 6.45) is 3.08. The van der Waals surface area contributed by atoms with Crippen molar-refractivity contribution in [1.29, 1.82) is 0 Å². The van der Waals surface area contributed by atoms with Crippen LogP contribution in [0, 0.1) is 20.8 Å². The third-order valence-electron chi connectivity index (χ3n) is 2.90. The highest BCUT2D eigenvalue weighted by Crippen LogP contribution is 2.26. The molecule has 2 aromatic rings. The van der Waals surface area contributed by atoms with Crippen molar-refractivity contribution in [2.45, 2.75) is 20.8 Å². The number of carbonyl (C=O) groups excluding carboxylic acids is 1. The van der Waals surface area contributed by atoms with E-state index >= 15 is 0 Å². The number of methoxy groups -OCH3 is 1. The summed E-state index contributed by atoms with van der Waals surface area (Å²) in [7, 11) is 1.56. The second-order valence-corrected chi connectivity index (χ2v) is 4.53. The summed E-state index contributed by atoms with van der Waals surface area (Å²) in [5.74, 6) is 0.409. The van der Waals surface area contributed by atoms with Crippen molar-refractivity contribution in [3.8, 4) is 5.75 Å². The fraction of sp³-hybridized carbons (Fsp3) is 0.267. The molecule has 1 aromatic heterocycles. The molecule has 2 rings (SSSR count). The molecule has 0 atom stereocenters. The summed E-state index contributed by atoms with van der Waals surface area (Å²) in [6.45, 7) is 5.69. The molecule has 0 amide bonds. The summed E-state index contributed by atoms with van der Waals surface area (Å²) < 4.78 is 5.30. The number of benzene rings is 1. The fourth-order valence-corrected chi connectivity index (χ4v) is 2.02. The van der Waals surface area contributed by atoms with Gasteiger partial charge >= 0.3 is 0 Å². The van der Waals surface area contributed by atoms with Gasteiger partial charge in [0.2, 0.25) is 5.78 Å². The first-order valence-electron chi connectivity index (χ1n) is 6.01. The van der Waals surface area contributed by atoms with Crippen LogP contribution in [-0.2, 0) is 0 Å². The van der Waals surface area contributed by atoms with E-state index in [1.807, 2.05) is 32.9 Å². The Kier molecular flexibility index (Phi) is 3.60. The fourth-order valence-electron chi connectivity index (χ4n) is 2.02. The Hall–Kier alpha value is -2.23. The van der Waals surface area contributed by atoms with E-state index in [4.69, 9.17) is 4.74 Å². The number of rotatable bonds is 3. The van der Waals surface area contributed by atoms with Gasteiger partial charge in [-0.1, -0.05) is 6.07 Å². The lowest BCUT2D eigenvalue weighted by Crippen LogP contribution is -2.09. The van der Waals surface area contributed by atoms with Gasteiger partial charge in [0.1, 0.15) is 11.4 Å². The summed E-state index contributed by atoms with van der Waals surface area (Å²) in [5.41, 5.74) is 3.59. The topological polar surface area (TPSA) is 52.1 Å². The first kappa shape index (κ1) is 13.2. The Morgan fingerprint density at radius 2 is 1.84 bits per heavy atom. The summed E-state index contributed by atoms with van der Waals surface area (Å²) >= 11 is 0. The van der Waals surface area contributed by atoms with Gasteiger partial charge in [0.05, 0.1) is 24.6 Å². The maximum absolute atomic E-state index is 12.5. The zero-order valence-electron chi connectivity index (χ0n) is 11.5. The van der Waals surface area contributed by atoms with Gasteiger partial charge in [0.15, 0.2) is 0 Å². The molecule has 0 N–H and O–H groups in total. The normalized spacial score (nSPS) is 10.3. The van der Waals surface area contributed by atoms with Crippen molar-refractivity contribution < 1.29 is 9.53 Å². The quantitative estimate of drug-likeness (QED) is 0.792. The lowest BCUT2D eigenvalue weighted by molar-refractivity contribution is 0.103. The Morgan fingerprint density at radius 3 is 2.42 bits per heavy atom. The van der Waals surface area contributed by atoms with E-state index in [-0.39, 0.29) is 5.78 Å². The molecule has 0 fully saturated rings. The van der Waals surface area contributed by atoms with E-state index in [1.54, 1.807) is 13.3 Å². The second kappa shape index (κ2) is 5.18. The van der Waals surface area contributed by atoms with Crippen LogP contribution in [0.4, 0.5) is 0 Å². The molecule has 19 heavy (non-hydrogen) atoms. The van der Waals surface area contributed by atoms with Gasteiger partial charge in [-0.05, 0) is 38.0 Å². The Labute approximate surface area is 112 Å². The molecular formula is C15H16N2O2. The van der Waals surface area contributed by atoms with Crippen LogP contribution >= 0.6 is 0 Å². The summed E-state index contributed by atoms with van der Waals surface area (Å²) in [6, 6.07) is 3.80. The molecule has 0 radical (unpaired) electrons. The molecule has 0 aliphatic rings. The molecule has 0 saturated carbocycles. The molecule has 0 aliphatic heterocycles. The van der Waals surface area contributed by atoms with Crippen LogP contribution in [0.2, 0.25) is 0 Å². The number of ketones is 1. The number of aryl methyl sites for hydroxylation is 3. The number of nitrogens with zero attached hydrogens (tertiary/aromatic N) is 2. The first-order chi connectivity index (χ1) is 9.02. The average Bonchev–Trinajstić information content (AvgIpc) is 2.38. The van der Waals surface area contributed by atoms with Crippen LogP contribution < -0.4 is 4.74 Å². The Balaban J connectivity index is 2.52. The van der Waals surface area contributed by atoms with E-state index in [0.717, 1.165) is 16.8 Å². The van der Waals surface area contributed by atoms with Gasteiger partial charge in [-0.3, -0.25) is 9.78 Å². The van der Waals surface area contributed by atoms with Crippen LogP contribution in [-0.4, -0.2) is 22.9 Å². The predicted octanol–water partition coefficient (Wildman–Crippen LogP) is 2.64. The summed E-state index contributed by atoms with van der Waals surface area (Å²) in [5, 5.41) is 0. The van der Waals surface area contributed by atoms with Crippen molar-refractivity contribution in [2.75, 3.05) is 7.11 Å². The standard InChI is InChI=1S/C15H16N2O2/c1-9-5-10(2)14(13(6-9)19-4)15(18)12-8-16-11(3)7-17-12/h5-8H,1-4H3. The first-order valence-corrected chi connectivity index (χ1v) is 6.01. The van der Waals surface area contributed by atoms with Gasteiger partial charge in [-0.25, -0.2) is 4.98 Å². The van der Waals surface area contributed by atoms with E-state index in [9.17, 15) is 4.79 Å². The number of ether oxygens (including phenoxy) is 1. The number of carbonyl (C=O) groups is 1. The largest absolute Gasteiger partial charge is 0.496 e. The van der Waals surface area contributed by atoms with Crippen molar-refractivity contribution in [1.82, 2.24) is 9.97 Å². The van der Waals surface area contributed by atoms with E-state index in [0.29, 0.717) is 17.0 Å². The summed E-state index contributed by atoms with van der Waals surface area (Å²) in [4.78, 5) is 20.7. The van der Waals surface area contributed by atoms with E-state index < -0.39 is 0 Å². The van der Waals surface area contributed by atoms with Crippen molar-refractivity contribution in [3.63, 3.8) is 0 Å². The minimum absolute atomic E-state index is 0.165. The third-order valence-corrected chi connectivity index (χ3v) is 2.90. The van der Waals surface area contributed by atoms with Crippen molar-refractivity contribution in [2.24, 2.45) is 0 Å². The second-order valence-electron chi connectivity index (χ2n) is 4.53. The maximum atomic E-state index is 12.5. The maximum Gasteiger partial charge on any atom is 0.216 e. The molecule has 0 aliphatic carbocycles. The molecule has 1 aromatic carbocycles. The molecule has 1 heterocycles. The number of aromatic nitrogens is 2. The SMILES string of the molecule is COc1cc(C)cc(C)c1C(=O)c1cnc(C)cn1. The lowest BCUT2D eigenvalue weighted by atomic mass is 9.99. The van der Waals surface area contributed by atoms with Crippen LogP contribution in [0.25, 0.3) is 0 Å². The monoisotopic (exact) mass is 256 g/mol. The zero-order valence-corrected chi connectivity index (χ0v) is 11.5. The van der Waals surface area contributed by atoms with Crippen LogP contribution in [0.15, 0.2) is 24.5 Å². The molecule has 98 valence electrons. The number of hydrogen-bond acceptors (Lipinski definition) is 4.